The number of ketones is 1. The van der Waals surface area contributed by atoms with Crippen LogP contribution in [0.4, 0.5) is 0 Å². The van der Waals surface area contributed by atoms with Gasteiger partial charge in [0.05, 0.1) is 5.92 Å². The average molecular weight is 234 g/mol. The molecule has 0 bridgehead atoms. The minimum atomic E-state index is -0.126. The van der Waals surface area contributed by atoms with E-state index in [4.69, 9.17) is 4.52 Å². The minimum absolute atomic E-state index is 0.126. The predicted molar refractivity (Wildman–Crippen MR) is 61.7 cm³/mol. The fraction of sp³-hybridized carbons (Fsp3) is 0.769. The number of aromatic nitrogens is 2. The molecule has 1 aromatic heterocycles. The van der Waals surface area contributed by atoms with E-state index >= 15 is 0 Å². The van der Waals surface area contributed by atoms with Crippen LogP contribution in [-0.2, 0) is 4.79 Å². The highest BCUT2D eigenvalue weighted by Gasteiger charge is 2.30. The summed E-state index contributed by atoms with van der Waals surface area (Å²) in [5.41, 5.74) is 0. The van der Waals surface area contributed by atoms with Gasteiger partial charge in [-0.25, -0.2) is 0 Å². The Morgan fingerprint density at radius 2 is 1.94 bits per heavy atom. The van der Waals surface area contributed by atoms with Crippen molar-refractivity contribution in [3.8, 4) is 0 Å². The monoisotopic (exact) mass is 234 g/mol. The first-order valence-corrected chi connectivity index (χ1v) is 6.71. The van der Waals surface area contributed by atoms with Gasteiger partial charge < -0.3 is 4.52 Å². The van der Waals surface area contributed by atoms with Crippen molar-refractivity contribution in [3.63, 3.8) is 0 Å². The van der Waals surface area contributed by atoms with Gasteiger partial charge in [0.25, 0.3) is 0 Å². The zero-order valence-electron chi connectivity index (χ0n) is 10.0. The Morgan fingerprint density at radius 3 is 2.71 bits per heavy atom. The Balaban J connectivity index is 1.77. The molecular formula is C13H18N2O2. The normalized spacial score (nSPS) is 26.6. The molecule has 2 fully saturated rings. The van der Waals surface area contributed by atoms with Crippen LogP contribution in [0.5, 0.6) is 0 Å². The third-order valence-electron chi connectivity index (χ3n) is 4.03. The first-order valence-electron chi connectivity index (χ1n) is 6.71. The molecule has 0 spiro atoms. The number of Topliss-reactive ketones (excluding diaryl/α,β-unsaturated/α-hetero) is 1. The van der Waals surface area contributed by atoms with Crippen molar-refractivity contribution in [3.05, 3.63) is 11.7 Å². The Morgan fingerprint density at radius 1 is 1.06 bits per heavy atom. The van der Waals surface area contributed by atoms with Gasteiger partial charge in [0, 0.05) is 12.3 Å². The van der Waals surface area contributed by atoms with Gasteiger partial charge in [-0.15, -0.1) is 0 Å². The molecule has 0 aliphatic heterocycles. The average Bonchev–Trinajstić information content (AvgIpc) is 2.59. The van der Waals surface area contributed by atoms with Gasteiger partial charge in [0.1, 0.15) is 5.78 Å². The van der Waals surface area contributed by atoms with Gasteiger partial charge in [-0.1, -0.05) is 24.4 Å². The summed E-state index contributed by atoms with van der Waals surface area (Å²) in [6, 6.07) is 0. The third-order valence-corrected chi connectivity index (χ3v) is 4.03. The van der Waals surface area contributed by atoms with Crippen LogP contribution in [0, 0.1) is 0 Å². The molecule has 4 nitrogen and oxygen atoms in total. The van der Waals surface area contributed by atoms with Crippen LogP contribution in [0.15, 0.2) is 4.52 Å². The van der Waals surface area contributed by atoms with Gasteiger partial charge >= 0.3 is 0 Å². The molecule has 0 saturated heterocycles. The maximum atomic E-state index is 11.9. The van der Waals surface area contributed by atoms with E-state index in [-0.39, 0.29) is 11.7 Å². The van der Waals surface area contributed by atoms with E-state index in [9.17, 15) is 4.79 Å². The summed E-state index contributed by atoms with van der Waals surface area (Å²) in [6.07, 6.45) is 8.39. The van der Waals surface area contributed by atoms with Gasteiger partial charge in [0.15, 0.2) is 5.82 Å². The molecule has 1 unspecified atom stereocenters. The van der Waals surface area contributed by atoms with Crippen molar-refractivity contribution in [2.45, 2.75) is 63.2 Å². The first-order chi connectivity index (χ1) is 8.34. The van der Waals surface area contributed by atoms with E-state index in [1.165, 1.54) is 6.42 Å². The zero-order chi connectivity index (χ0) is 11.7. The van der Waals surface area contributed by atoms with Crippen molar-refractivity contribution in [1.82, 2.24) is 10.1 Å². The second kappa shape index (κ2) is 4.59. The molecule has 2 aliphatic rings. The smallest absolute Gasteiger partial charge is 0.237 e. The van der Waals surface area contributed by atoms with Crippen LogP contribution in [0.3, 0.4) is 0 Å². The quantitative estimate of drug-likeness (QED) is 0.738. The maximum absolute atomic E-state index is 11.9. The molecule has 2 saturated carbocycles. The minimum Gasteiger partial charge on any atom is -0.339 e. The Bertz CT molecular complexity index is 409. The number of carbonyl (C=O) groups is 1. The fourth-order valence-electron chi connectivity index (χ4n) is 2.64. The van der Waals surface area contributed by atoms with Crippen molar-refractivity contribution in [2.24, 2.45) is 0 Å². The molecule has 4 heteroatoms. The molecule has 17 heavy (non-hydrogen) atoms. The molecular weight excluding hydrogens is 216 g/mol. The lowest BCUT2D eigenvalue weighted by Crippen LogP contribution is -2.13. The highest BCUT2D eigenvalue weighted by molar-refractivity contribution is 5.84. The van der Waals surface area contributed by atoms with Crippen molar-refractivity contribution in [2.75, 3.05) is 0 Å². The van der Waals surface area contributed by atoms with Crippen molar-refractivity contribution in [1.29, 1.82) is 0 Å². The standard InChI is InChI=1S/C13H18N2O2/c16-11-8-3-1-2-7-10(11)13-14-12(15-17-13)9-5-4-6-9/h9-10H,1-8H2. The maximum Gasteiger partial charge on any atom is 0.237 e. The van der Waals surface area contributed by atoms with E-state index in [1.54, 1.807) is 0 Å². The number of hydrogen-bond acceptors (Lipinski definition) is 4. The summed E-state index contributed by atoms with van der Waals surface area (Å²) < 4.78 is 5.31. The molecule has 2 aliphatic carbocycles. The third kappa shape index (κ3) is 2.13. The largest absolute Gasteiger partial charge is 0.339 e. The van der Waals surface area contributed by atoms with Crippen LogP contribution >= 0.6 is 0 Å². The Hall–Kier alpha value is -1.19. The molecule has 1 atom stereocenters. The summed E-state index contributed by atoms with van der Waals surface area (Å²) in [5, 5.41) is 4.04. The van der Waals surface area contributed by atoms with Crippen LogP contribution in [-0.4, -0.2) is 15.9 Å². The van der Waals surface area contributed by atoms with E-state index < -0.39 is 0 Å². The van der Waals surface area contributed by atoms with E-state index in [0.29, 0.717) is 18.2 Å². The fourth-order valence-corrected chi connectivity index (χ4v) is 2.64. The molecule has 1 heterocycles. The van der Waals surface area contributed by atoms with Crippen molar-refractivity contribution < 1.29 is 9.32 Å². The zero-order valence-corrected chi connectivity index (χ0v) is 10.0. The summed E-state index contributed by atoms with van der Waals surface area (Å²) in [7, 11) is 0. The Kier molecular flexibility index (Phi) is 2.95. The summed E-state index contributed by atoms with van der Waals surface area (Å²) in [5.74, 6) is 2.03. The molecule has 0 aromatic carbocycles. The van der Waals surface area contributed by atoms with Gasteiger partial charge in [0.2, 0.25) is 5.89 Å². The van der Waals surface area contributed by atoms with E-state index in [1.807, 2.05) is 0 Å². The highest BCUT2D eigenvalue weighted by atomic mass is 16.5. The van der Waals surface area contributed by atoms with Crippen LogP contribution in [0.25, 0.3) is 0 Å². The number of carbonyl (C=O) groups excluding carboxylic acids is 1. The van der Waals surface area contributed by atoms with E-state index in [2.05, 4.69) is 10.1 Å². The Labute approximate surface area is 101 Å². The molecule has 3 rings (SSSR count). The topological polar surface area (TPSA) is 56.0 Å². The second-order valence-electron chi connectivity index (χ2n) is 5.24. The van der Waals surface area contributed by atoms with Crippen LogP contribution < -0.4 is 0 Å². The van der Waals surface area contributed by atoms with Gasteiger partial charge in [-0.05, 0) is 25.7 Å². The van der Waals surface area contributed by atoms with Gasteiger partial charge in [-0.3, -0.25) is 4.79 Å². The SMILES string of the molecule is O=C1CCCCCC1c1nc(C2CCC2)no1. The van der Waals surface area contributed by atoms with Crippen LogP contribution in [0.2, 0.25) is 0 Å². The molecule has 0 N–H and O–H groups in total. The van der Waals surface area contributed by atoms with Crippen LogP contribution in [0.1, 0.15) is 74.9 Å². The highest BCUT2D eigenvalue weighted by Crippen LogP contribution is 2.36. The predicted octanol–water partition coefficient (Wildman–Crippen LogP) is 2.95. The first kappa shape index (κ1) is 10.9. The summed E-state index contributed by atoms with van der Waals surface area (Å²) in [6.45, 7) is 0. The van der Waals surface area contributed by atoms with Gasteiger partial charge in [-0.2, -0.15) is 4.98 Å². The number of hydrogen-bond donors (Lipinski definition) is 0. The lowest BCUT2D eigenvalue weighted by molar-refractivity contribution is -0.120. The number of nitrogens with zero attached hydrogens (tertiary/aromatic N) is 2. The summed E-state index contributed by atoms with van der Waals surface area (Å²) >= 11 is 0. The lowest BCUT2D eigenvalue weighted by Gasteiger charge is -2.21. The summed E-state index contributed by atoms with van der Waals surface area (Å²) in [4.78, 5) is 16.4. The molecule has 0 radical (unpaired) electrons. The molecule has 1 aromatic rings. The lowest BCUT2D eigenvalue weighted by atomic mass is 9.85. The molecule has 0 amide bonds. The number of rotatable bonds is 2. The second-order valence-corrected chi connectivity index (χ2v) is 5.24. The van der Waals surface area contributed by atoms with E-state index in [0.717, 1.165) is 44.3 Å². The van der Waals surface area contributed by atoms with Crippen molar-refractivity contribution >= 4 is 5.78 Å². The molecule has 92 valence electrons.